The molecule has 0 spiro atoms. The molecule has 2 heterocycles. The van der Waals surface area contributed by atoms with E-state index in [0.717, 1.165) is 28.1 Å². The fourth-order valence-electron chi connectivity index (χ4n) is 5.27. The number of fused-ring (bicyclic) bond motifs is 1. The Hall–Kier alpha value is -3.94. The highest BCUT2D eigenvalue weighted by Gasteiger charge is 2.42. The van der Waals surface area contributed by atoms with Gasteiger partial charge in [0.15, 0.2) is 28.8 Å². The molecule has 182 valence electrons. The van der Waals surface area contributed by atoms with Crippen molar-refractivity contribution in [3.05, 3.63) is 70.1 Å². The number of hydrogen-bond donors (Lipinski definition) is 1. The molecule has 2 aromatic carbocycles. The van der Waals surface area contributed by atoms with Gasteiger partial charge in [0.05, 0.1) is 45.6 Å². The summed E-state index contributed by atoms with van der Waals surface area (Å²) in [6, 6.07) is 11.5. The molecule has 0 unspecified atom stereocenters. The fourth-order valence-corrected chi connectivity index (χ4v) is 5.27. The molecule has 5 rings (SSSR count). The lowest BCUT2D eigenvalue weighted by atomic mass is 9.72. The molecule has 35 heavy (non-hydrogen) atoms. The standard InChI is InChI=1S/C27H28N2O6/c1-14-23-24(17-7-6-8-21(32-3)26(17)34-5)25-18(28-27(23)35-29-14)11-16(12-19(25)30)15-9-10-20(31-2)22(13-15)33-4/h6-10,13,16,24,28H,11-12H2,1-5H3/t16-,24-/m1/s1. The number of hydrogen-bond acceptors (Lipinski definition) is 8. The van der Waals surface area contributed by atoms with E-state index in [1.165, 1.54) is 0 Å². The van der Waals surface area contributed by atoms with Crippen LogP contribution in [0.3, 0.4) is 0 Å². The summed E-state index contributed by atoms with van der Waals surface area (Å²) in [7, 11) is 6.42. The Labute approximate surface area is 203 Å². The SMILES string of the molecule is COc1ccc([C@H]2CC(=O)C3=C(C2)Nc2onc(C)c2[C@H]3c2cccc(OC)c2OC)cc1OC. The molecule has 3 aromatic rings. The molecule has 0 amide bonds. The van der Waals surface area contributed by atoms with Crippen LogP contribution in [0.2, 0.25) is 0 Å². The van der Waals surface area contributed by atoms with Crippen molar-refractivity contribution in [1.82, 2.24) is 5.16 Å². The molecule has 2 aliphatic rings. The average Bonchev–Trinajstić information content (AvgIpc) is 3.26. The van der Waals surface area contributed by atoms with Crippen LogP contribution < -0.4 is 24.3 Å². The molecule has 8 heteroatoms. The van der Waals surface area contributed by atoms with Gasteiger partial charge in [0, 0.05) is 23.3 Å². The van der Waals surface area contributed by atoms with Crippen LogP contribution in [0, 0.1) is 6.92 Å². The molecule has 8 nitrogen and oxygen atoms in total. The molecule has 0 bridgehead atoms. The smallest absolute Gasteiger partial charge is 0.233 e. The topological polar surface area (TPSA) is 92.1 Å². The van der Waals surface area contributed by atoms with Crippen molar-refractivity contribution in [3.8, 4) is 23.0 Å². The second-order valence-electron chi connectivity index (χ2n) is 8.69. The van der Waals surface area contributed by atoms with E-state index in [-0.39, 0.29) is 17.6 Å². The van der Waals surface area contributed by atoms with E-state index >= 15 is 0 Å². The van der Waals surface area contributed by atoms with E-state index in [4.69, 9.17) is 23.5 Å². The number of aromatic nitrogens is 1. The van der Waals surface area contributed by atoms with Gasteiger partial charge in [-0.15, -0.1) is 0 Å². The van der Waals surface area contributed by atoms with E-state index in [0.29, 0.717) is 47.3 Å². The number of para-hydroxylation sites is 1. The van der Waals surface area contributed by atoms with Gasteiger partial charge in [-0.3, -0.25) is 4.79 Å². The lowest BCUT2D eigenvalue weighted by Crippen LogP contribution is -2.29. The van der Waals surface area contributed by atoms with Gasteiger partial charge in [-0.25, -0.2) is 0 Å². The molecular weight excluding hydrogens is 448 g/mol. The van der Waals surface area contributed by atoms with Gasteiger partial charge < -0.3 is 28.8 Å². The number of Topliss-reactive ketones (excluding diaryl/α,β-unsaturated/α-hetero) is 1. The number of ether oxygens (including phenoxy) is 4. The highest BCUT2D eigenvalue weighted by molar-refractivity contribution is 6.01. The van der Waals surface area contributed by atoms with Crippen LogP contribution in [-0.4, -0.2) is 39.4 Å². The first-order valence-corrected chi connectivity index (χ1v) is 11.4. The van der Waals surface area contributed by atoms with Crippen molar-refractivity contribution in [1.29, 1.82) is 0 Å². The maximum atomic E-state index is 13.8. The quantitative estimate of drug-likeness (QED) is 0.533. The van der Waals surface area contributed by atoms with Gasteiger partial charge in [0.2, 0.25) is 5.88 Å². The third kappa shape index (κ3) is 3.69. The number of carbonyl (C=O) groups excluding carboxylic acids is 1. The lowest BCUT2D eigenvalue weighted by molar-refractivity contribution is -0.116. The zero-order valence-electron chi connectivity index (χ0n) is 20.4. The largest absolute Gasteiger partial charge is 0.493 e. The molecule has 1 aromatic heterocycles. The van der Waals surface area contributed by atoms with Crippen LogP contribution in [0.25, 0.3) is 0 Å². The van der Waals surface area contributed by atoms with Gasteiger partial charge in [0.1, 0.15) is 0 Å². The maximum Gasteiger partial charge on any atom is 0.233 e. The Morgan fingerprint density at radius 3 is 2.43 bits per heavy atom. The Kier molecular flexibility index (Phi) is 5.88. The zero-order valence-corrected chi connectivity index (χ0v) is 20.4. The number of methoxy groups -OCH3 is 4. The Morgan fingerprint density at radius 1 is 0.943 bits per heavy atom. The van der Waals surface area contributed by atoms with E-state index in [1.54, 1.807) is 28.4 Å². The Morgan fingerprint density at radius 2 is 1.71 bits per heavy atom. The second-order valence-corrected chi connectivity index (χ2v) is 8.69. The van der Waals surface area contributed by atoms with E-state index in [1.807, 2.05) is 43.3 Å². The molecule has 1 aliphatic heterocycles. The molecule has 2 atom stereocenters. The first-order chi connectivity index (χ1) is 17.0. The number of anilines is 1. The van der Waals surface area contributed by atoms with Crippen LogP contribution in [0.1, 0.15) is 47.1 Å². The molecule has 0 saturated carbocycles. The number of rotatable bonds is 6. The number of aryl methyl sites for hydroxylation is 1. The number of ketones is 1. The summed E-state index contributed by atoms with van der Waals surface area (Å²) in [4.78, 5) is 13.8. The van der Waals surface area contributed by atoms with Crippen LogP contribution in [0.5, 0.6) is 23.0 Å². The van der Waals surface area contributed by atoms with Gasteiger partial charge in [0.25, 0.3) is 0 Å². The summed E-state index contributed by atoms with van der Waals surface area (Å²) in [5.74, 6) is 2.71. The van der Waals surface area contributed by atoms with Crippen molar-refractivity contribution in [2.45, 2.75) is 31.6 Å². The van der Waals surface area contributed by atoms with Crippen molar-refractivity contribution >= 4 is 11.7 Å². The summed E-state index contributed by atoms with van der Waals surface area (Å²) in [5, 5.41) is 7.56. The van der Waals surface area contributed by atoms with Crippen molar-refractivity contribution in [2.75, 3.05) is 33.8 Å². The van der Waals surface area contributed by atoms with E-state index in [9.17, 15) is 4.79 Å². The van der Waals surface area contributed by atoms with Crippen LogP contribution >= 0.6 is 0 Å². The zero-order chi connectivity index (χ0) is 24.7. The predicted octanol–water partition coefficient (Wildman–Crippen LogP) is 4.98. The monoisotopic (exact) mass is 476 g/mol. The van der Waals surface area contributed by atoms with Gasteiger partial charge in [-0.1, -0.05) is 23.4 Å². The highest BCUT2D eigenvalue weighted by Crippen LogP contribution is 2.52. The fraction of sp³-hybridized carbons (Fsp3) is 0.333. The number of benzene rings is 2. The third-order valence-corrected chi connectivity index (χ3v) is 6.88. The maximum absolute atomic E-state index is 13.8. The Bertz CT molecular complexity index is 1330. The minimum Gasteiger partial charge on any atom is -0.493 e. The second kappa shape index (κ2) is 9.02. The molecule has 0 fully saturated rings. The van der Waals surface area contributed by atoms with Gasteiger partial charge >= 0.3 is 0 Å². The lowest BCUT2D eigenvalue weighted by Gasteiger charge is -2.35. The Balaban J connectivity index is 1.62. The van der Waals surface area contributed by atoms with Crippen molar-refractivity contribution in [3.63, 3.8) is 0 Å². The van der Waals surface area contributed by atoms with E-state index < -0.39 is 0 Å². The minimum absolute atomic E-state index is 0.0213. The first-order valence-electron chi connectivity index (χ1n) is 11.4. The molecular formula is C27H28N2O6. The molecule has 1 N–H and O–H groups in total. The summed E-state index contributed by atoms with van der Waals surface area (Å²) in [6.45, 7) is 1.88. The summed E-state index contributed by atoms with van der Waals surface area (Å²) in [5.41, 5.74) is 4.97. The predicted molar refractivity (Wildman–Crippen MR) is 130 cm³/mol. The average molecular weight is 477 g/mol. The number of carbonyl (C=O) groups is 1. The van der Waals surface area contributed by atoms with Crippen molar-refractivity contribution < 1.29 is 28.3 Å². The summed E-state index contributed by atoms with van der Waals surface area (Å²) in [6.07, 6.45) is 1.01. The normalized spacial score (nSPS) is 18.9. The summed E-state index contributed by atoms with van der Waals surface area (Å²) >= 11 is 0. The van der Waals surface area contributed by atoms with Crippen molar-refractivity contribution in [2.24, 2.45) is 0 Å². The first kappa shape index (κ1) is 22.8. The number of nitrogens with zero attached hydrogens (tertiary/aromatic N) is 1. The number of nitrogens with one attached hydrogen (secondary N) is 1. The van der Waals surface area contributed by atoms with Crippen LogP contribution in [0.15, 0.2) is 52.2 Å². The number of allylic oxidation sites excluding steroid dienone is 2. The molecule has 0 saturated heterocycles. The van der Waals surface area contributed by atoms with Crippen LogP contribution in [-0.2, 0) is 4.79 Å². The summed E-state index contributed by atoms with van der Waals surface area (Å²) < 4.78 is 27.8. The third-order valence-electron chi connectivity index (χ3n) is 6.88. The highest BCUT2D eigenvalue weighted by atomic mass is 16.5. The molecule has 0 radical (unpaired) electrons. The van der Waals surface area contributed by atoms with Gasteiger partial charge in [-0.2, -0.15) is 0 Å². The minimum atomic E-state index is -0.378. The van der Waals surface area contributed by atoms with Gasteiger partial charge in [-0.05, 0) is 43.0 Å². The molecule has 1 aliphatic carbocycles. The van der Waals surface area contributed by atoms with E-state index in [2.05, 4.69) is 10.5 Å². The van der Waals surface area contributed by atoms with Crippen LogP contribution in [0.4, 0.5) is 5.88 Å².